The van der Waals surface area contributed by atoms with Crippen LogP contribution in [0.25, 0.3) is 10.9 Å². The van der Waals surface area contributed by atoms with Crippen LogP contribution in [0.15, 0.2) is 48.5 Å². The van der Waals surface area contributed by atoms with Crippen LogP contribution in [0.1, 0.15) is 36.6 Å². The molecule has 1 amide bonds. The Morgan fingerprint density at radius 1 is 1.15 bits per heavy atom. The van der Waals surface area contributed by atoms with E-state index in [1.165, 1.54) is 35.0 Å². The molecular formula is C22H24N2O2. The quantitative estimate of drug-likeness (QED) is 0.728. The van der Waals surface area contributed by atoms with E-state index in [0.717, 1.165) is 18.4 Å². The summed E-state index contributed by atoms with van der Waals surface area (Å²) in [7, 11) is 0. The SMILES string of the molecule is CC(Oc1ccccc1)C(=O)NCc1ccc2[nH]c3c(c2c1)CCCC3. The van der Waals surface area contributed by atoms with Gasteiger partial charge in [0.25, 0.3) is 5.91 Å². The van der Waals surface area contributed by atoms with E-state index in [2.05, 4.69) is 28.5 Å². The number of rotatable bonds is 5. The van der Waals surface area contributed by atoms with Crippen molar-refractivity contribution in [3.63, 3.8) is 0 Å². The molecule has 4 nitrogen and oxygen atoms in total. The van der Waals surface area contributed by atoms with Crippen LogP contribution in [0.2, 0.25) is 0 Å². The number of aryl methyl sites for hydroxylation is 2. The first-order chi connectivity index (χ1) is 12.7. The Bertz CT molecular complexity index is 915. The first-order valence-electron chi connectivity index (χ1n) is 9.32. The number of carbonyl (C=O) groups is 1. The molecule has 134 valence electrons. The minimum atomic E-state index is -0.527. The summed E-state index contributed by atoms with van der Waals surface area (Å²) in [4.78, 5) is 15.9. The van der Waals surface area contributed by atoms with Gasteiger partial charge in [0, 0.05) is 23.1 Å². The van der Waals surface area contributed by atoms with E-state index in [0.29, 0.717) is 12.3 Å². The Balaban J connectivity index is 1.41. The fourth-order valence-corrected chi connectivity index (χ4v) is 3.65. The Hall–Kier alpha value is -2.75. The van der Waals surface area contributed by atoms with Gasteiger partial charge in [-0.2, -0.15) is 0 Å². The molecule has 1 aliphatic carbocycles. The smallest absolute Gasteiger partial charge is 0.261 e. The van der Waals surface area contributed by atoms with Crippen molar-refractivity contribution in [1.29, 1.82) is 0 Å². The number of amides is 1. The number of aromatic amines is 1. The zero-order valence-electron chi connectivity index (χ0n) is 15.0. The molecule has 4 heteroatoms. The molecule has 0 radical (unpaired) electrons. The van der Waals surface area contributed by atoms with Gasteiger partial charge in [0.05, 0.1) is 0 Å². The molecule has 1 aromatic heterocycles. The van der Waals surface area contributed by atoms with E-state index in [4.69, 9.17) is 4.74 Å². The van der Waals surface area contributed by atoms with E-state index in [9.17, 15) is 4.79 Å². The molecule has 0 saturated heterocycles. The molecule has 1 atom stereocenters. The van der Waals surface area contributed by atoms with Gasteiger partial charge in [0.1, 0.15) is 5.75 Å². The number of H-pyrrole nitrogens is 1. The molecule has 0 spiro atoms. The predicted octanol–water partition coefficient (Wildman–Crippen LogP) is 4.13. The lowest BCUT2D eigenvalue weighted by Crippen LogP contribution is -2.35. The summed E-state index contributed by atoms with van der Waals surface area (Å²) < 4.78 is 5.68. The van der Waals surface area contributed by atoms with Crippen LogP contribution >= 0.6 is 0 Å². The topological polar surface area (TPSA) is 54.1 Å². The van der Waals surface area contributed by atoms with Gasteiger partial charge in [0.2, 0.25) is 0 Å². The standard InChI is InChI=1S/C22H24N2O2/c1-15(26-17-7-3-2-4-8-17)22(25)23-14-16-11-12-21-19(13-16)18-9-5-6-10-20(18)24-21/h2-4,7-8,11-13,15,24H,5-6,9-10,14H2,1H3,(H,23,25). The zero-order chi connectivity index (χ0) is 17.9. The third kappa shape index (κ3) is 3.45. The minimum Gasteiger partial charge on any atom is -0.481 e. The van der Waals surface area contributed by atoms with Crippen LogP contribution < -0.4 is 10.1 Å². The average molecular weight is 348 g/mol. The number of hydrogen-bond donors (Lipinski definition) is 2. The lowest BCUT2D eigenvalue weighted by molar-refractivity contribution is -0.127. The van der Waals surface area contributed by atoms with Crippen molar-refractivity contribution in [3.05, 3.63) is 65.4 Å². The number of ether oxygens (including phenoxy) is 1. The maximum Gasteiger partial charge on any atom is 0.261 e. The van der Waals surface area contributed by atoms with Gasteiger partial charge in [-0.15, -0.1) is 0 Å². The first kappa shape index (κ1) is 16.7. The third-order valence-corrected chi connectivity index (χ3v) is 5.05. The summed E-state index contributed by atoms with van der Waals surface area (Å²) in [5.41, 5.74) is 5.16. The van der Waals surface area contributed by atoms with Crippen LogP contribution in [0, 0.1) is 0 Å². The maximum absolute atomic E-state index is 12.3. The summed E-state index contributed by atoms with van der Waals surface area (Å²) in [6.45, 7) is 2.28. The second-order valence-electron chi connectivity index (χ2n) is 6.96. The van der Waals surface area contributed by atoms with E-state index in [1.54, 1.807) is 6.92 Å². The van der Waals surface area contributed by atoms with Gasteiger partial charge in [-0.1, -0.05) is 24.3 Å². The van der Waals surface area contributed by atoms with Gasteiger partial charge < -0.3 is 15.0 Å². The van der Waals surface area contributed by atoms with Gasteiger partial charge in [-0.05, 0) is 68.0 Å². The molecule has 2 aromatic carbocycles. The maximum atomic E-state index is 12.3. The highest BCUT2D eigenvalue weighted by Gasteiger charge is 2.17. The van der Waals surface area contributed by atoms with Gasteiger partial charge in [-0.25, -0.2) is 0 Å². The second kappa shape index (κ2) is 7.24. The Kier molecular flexibility index (Phi) is 4.65. The van der Waals surface area contributed by atoms with E-state index in [1.807, 2.05) is 30.3 Å². The van der Waals surface area contributed by atoms with E-state index < -0.39 is 6.10 Å². The van der Waals surface area contributed by atoms with Crippen LogP contribution in [0.3, 0.4) is 0 Å². The monoisotopic (exact) mass is 348 g/mol. The highest BCUT2D eigenvalue weighted by Crippen LogP contribution is 2.29. The lowest BCUT2D eigenvalue weighted by atomic mass is 9.95. The first-order valence-corrected chi connectivity index (χ1v) is 9.32. The van der Waals surface area contributed by atoms with Crippen LogP contribution in [0.4, 0.5) is 0 Å². The van der Waals surface area contributed by atoms with Crippen molar-refractivity contribution in [2.75, 3.05) is 0 Å². The number of aromatic nitrogens is 1. The summed E-state index contributed by atoms with van der Waals surface area (Å²) in [6.07, 6.45) is 4.29. The average Bonchev–Trinajstić information content (AvgIpc) is 3.05. The van der Waals surface area contributed by atoms with Crippen LogP contribution in [-0.2, 0) is 24.2 Å². The highest BCUT2D eigenvalue weighted by atomic mass is 16.5. The summed E-state index contributed by atoms with van der Waals surface area (Å²) in [5.74, 6) is 0.598. The Morgan fingerprint density at radius 3 is 2.81 bits per heavy atom. The number of nitrogens with one attached hydrogen (secondary N) is 2. The molecule has 2 N–H and O–H groups in total. The largest absolute Gasteiger partial charge is 0.481 e. The van der Waals surface area contributed by atoms with Crippen molar-refractivity contribution in [2.45, 2.75) is 45.3 Å². The minimum absolute atomic E-state index is 0.106. The second-order valence-corrected chi connectivity index (χ2v) is 6.96. The molecule has 1 heterocycles. The highest BCUT2D eigenvalue weighted by molar-refractivity contribution is 5.86. The third-order valence-electron chi connectivity index (χ3n) is 5.05. The molecule has 3 aromatic rings. The summed E-state index contributed by atoms with van der Waals surface area (Å²) >= 11 is 0. The van der Waals surface area contributed by atoms with Crippen LogP contribution in [0.5, 0.6) is 5.75 Å². The Labute approximate surface area is 153 Å². The van der Waals surface area contributed by atoms with Gasteiger partial charge in [0.15, 0.2) is 6.10 Å². The fourth-order valence-electron chi connectivity index (χ4n) is 3.65. The number of fused-ring (bicyclic) bond motifs is 3. The molecule has 0 bridgehead atoms. The molecule has 4 rings (SSSR count). The molecule has 0 saturated carbocycles. The lowest BCUT2D eigenvalue weighted by Gasteiger charge is -2.15. The van der Waals surface area contributed by atoms with E-state index >= 15 is 0 Å². The molecule has 1 aliphatic rings. The summed E-state index contributed by atoms with van der Waals surface area (Å²) in [5, 5.41) is 4.29. The number of hydrogen-bond acceptors (Lipinski definition) is 2. The number of para-hydroxylation sites is 1. The van der Waals surface area contributed by atoms with Crippen molar-refractivity contribution in [3.8, 4) is 5.75 Å². The normalized spacial score (nSPS) is 14.7. The molecule has 0 fully saturated rings. The summed E-state index contributed by atoms with van der Waals surface area (Å²) in [6, 6.07) is 15.8. The molecule has 26 heavy (non-hydrogen) atoms. The predicted molar refractivity (Wildman–Crippen MR) is 103 cm³/mol. The van der Waals surface area contributed by atoms with E-state index in [-0.39, 0.29) is 5.91 Å². The van der Waals surface area contributed by atoms with Crippen molar-refractivity contribution in [1.82, 2.24) is 10.3 Å². The van der Waals surface area contributed by atoms with Gasteiger partial charge in [-0.3, -0.25) is 4.79 Å². The molecule has 1 unspecified atom stereocenters. The molecular weight excluding hydrogens is 324 g/mol. The van der Waals surface area contributed by atoms with Crippen molar-refractivity contribution >= 4 is 16.8 Å². The van der Waals surface area contributed by atoms with Gasteiger partial charge >= 0.3 is 0 Å². The van der Waals surface area contributed by atoms with Crippen molar-refractivity contribution < 1.29 is 9.53 Å². The fraction of sp³-hybridized carbons (Fsp3) is 0.318. The van der Waals surface area contributed by atoms with Crippen molar-refractivity contribution in [2.24, 2.45) is 0 Å². The Morgan fingerprint density at radius 2 is 1.96 bits per heavy atom. The van der Waals surface area contributed by atoms with Crippen LogP contribution in [-0.4, -0.2) is 17.0 Å². The number of carbonyl (C=O) groups excluding carboxylic acids is 1. The molecule has 0 aliphatic heterocycles. The number of benzene rings is 2. The zero-order valence-corrected chi connectivity index (χ0v) is 15.0.